The molecule has 5 nitrogen and oxygen atoms in total. The highest BCUT2D eigenvalue weighted by Gasteiger charge is 2.10. The summed E-state index contributed by atoms with van der Waals surface area (Å²) in [6.07, 6.45) is 1.59. The first-order chi connectivity index (χ1) is 7.04. The van der Waals surface area contributed by atoms with Crippen molar-refractivity contribution in [1.29, 1.82) is 0 Å². The highest BCUT2D eigenvalue weighted by molar-refractivity contribution is 5.77. The van der Waals surface area contributed by atoms with Crippen molar-refractivity contribution in [3.8, 4) is 0 Å². The van der Waals surface area contributed by atoms with Gasteiger partial charge >= 0.3 is 5.69 Å². The van der Waals surface area contributed by atoms with Gasteiger partial charge in [-0.1, -0.05) is 0 Å². The largest absolute Gasteiger partial charge is 0.332 e. The second-order valence-corrected chi connectivity index (χ2v) is 3.53. The van der Waals surface area contributed by atoms with Crippen molar-refractivity contribution in [2.24, 2.45) is 14.1 Å². The third-order valence-corrected chi connectivity index (χ3v) is 2.55. The monoisotopic (exact) mass is 205 g/mol. The summed E-state index contributed by atoms with van der Waals surface area (Å²) in [6.45, 7) is 1.83. The molecule has 0 unspecified atom stereocenters. The van der Waals surface area contributed by atoms with Crippen molar-refractivity contribution in [2.45, 2.75) is 6.92 Å². The van der Waals surface area contributed by atoms with E-state index in [2.05, 4.69) is 4.98 Å². The number of nitrogens with zero attached hydrogens (tertiary/aromatic N) is 3. The van der Waals surface area contributed by atoms with Crippen LogP contribution in [0.5, 0.6) is 0 Å². The lowest BCUT2D eigenvalue weighted by atomic mass is 10.2. The van der Waals surface area contributed by atoms with E-state index in [-0.39, 0.29) is 11.2 Å². The Morgan fingerprint density at radius 2 is 1.87 bits per heavy atom. The van der Waals surface area contributed by atoms with Crippen LogP contribution in [0.15, 0.2) is 21.9 Å². The maximum absolute atomic E-state index is 11.8. The summed E-state index contributed by atoms with van der Waals surface area (Å²) in [5, 5.41) is 0.502. The van der Waals surface area contributed by atoms with Gasteiger partial charge < -0.3 is 0 Å². The zero-order chi connectivity index (χ0) is 11.2. The summed E-state index contributed by atoms with van der Waals surface area (Å²) in [5.74, 6) is 0. The highest BCUT2D eigenvalue weighted by atomic mass is 16.2. The first kappa shape index (κ1) is 9.64. The molecule has 0 aliphatic heterocycles. The summed E-state index contributed by atoms with van der Waals surface area (Å²) in [7, 11) is 3.08. The van der Waals surface area contributed by atoms with E-state index in [4.69, 9.17) is 0 Å². The van der Waals surface area contributed by atoms with Crippen molar-refractivity contribution in [3.05, 3.63) is 38.7 Å². The van der Waals surface area contributed by atoms with Crippen molar-refractivity contribution < 1.29 is 0 Å². The van der Waals surface area contributed by atoms with E-state index in [1.54, 1.807) is 19.3 Å². The normalized spacial score (nSPS) is 10.9. The van der Waals surface area contributed by atoms with Crippen LogP contribution in [0.3, 0.4) is 0 Å². The van der Waals surface area contributed by atoms with Gasteiger partial charge in [-0.25, -0.2) is 9.78 Å². The van der Waals surface area contributed by atoms with E-state index in [0.717, 1.165) is 10.1 Å². The van der Waals surface area contributed by atoms with Gasteiger partial charge in [-0.15, -0.1) is 0 Å². The van der Waals surface area contributed by atoms with Crippen LogP contribution in [0, 0.1) is 6.92 Å². The lowest BCUT2D eigenvalue weighted by molar-refractivity contribution is 0.707. The zero-order valence-corrected chi connectivity index (χ0v) is 8.81. The average Bonchev–Trinajstić information content (AvgIpc) is 2.23. The van der Waals surface area contributed by atoms with E-state index >= 15 is 0 Å². The van der Waals surface area contributed by atoms with Gasteiger partial charge in [0.2, 0.25) is 0 Å². The molecule has 78 valence electrons. The van der Waals surface area contributed by atoms with Gasteiger partial charge in [0, 0.05) is 20.3 Å². The van der Waals surface area contributed by atoms with Gasteiger partial charge in [-0.05, 0) is 18.6 Å². The number of hydrogen-bond donors (Lipinski definition) is 0. The molecule has 2 aromatic rings. The molecular weight excluding hydrogens is 194 g/mol. The molecule has 0 spiro atoms. The fraction of sp³-hybridized carbons (Fsp3) is 0.300. The van der Waals surface area contributed by atoms with Crippen LogP contribution in [0.1, 0.15) is 5.56 Å². The van der Waals surface area contributed by atoms with Gasteiger partial charge in [-0.3, -0.25) is 13.9 Å². The van der Waals surface area contributed by atoms with E-state index < -0.39 is 0 Å². The van der Waals surface area contributed by atoms with Gasteiger partial charge in [0.05, 0.1) is 5.39 Å². The molecule has 0 aliphatic carbocycles. The number of rotatable bonds is 0. The molecular formula is C10H11N3O2. The first-order valence-corrected chi connectivity index (χ1v) is 4.55. The van der Waals surface area contributed by atoms with E-state index in [1.165, 1.54) is 11.6 Å². The molecule has 5 heteroatoms. The van der Waals surface area contributed by atoms with E-state index in [1.807, 2.05) is 6.92 Å². The molecule has 15 heavy (non-hydrogen) atoms. The Bertz CT molecular complexity index is 652. The number of fused-ring (bicyclic) bond motifs is 1. The van der Waals surface area contributed by atoms with Gasteiger partial charge in [-0.2, -0.15) is 0 Å². The number of pyridine rings is 1. The third kappa shape index (κ3) is 1.20. The van der Waals surface area contributed by atoms with Crippen LogP contribution in [-0.2, 0) is 14.1 Å². The predicted octanol–water partition coefficient (Wildman–Crippen LogP) is -0.0594. The maximum atomic E-state index is 11.8. The molecule has 0 aromatic carbocycles. The Morgan fingerprint density at radius 1 is 1.20 bits per heavy atom. The second kappa shape index (κ2) is 3.05. The molecule has 0 N–H and O–H groups in total. The fourth-order valence-corrected chi connectivity index (χ4v) is 1.63. The summed E-state index contributed by atoms with van der Waals surface area (Å²) >= 11 is 0. The summed E-state index contributed by atoms with van der Waals surface area (Å²) in [6, 6.07) is 1.76. The van der Waals surface area contributed by atoms with Crippen LogP contribution < -0.4 is 11.2 Å². The molecule has 0 radical (unpaired) electrons. The first-order valence-electron chi connectivity index (χ1n) is 4.55. The minimum Gasteiger partial charge on any atom is -0.280 e. The van der Waals surface area contributed by atoms with Crippen LogP contribution in [0.2, 0.25) is 0 Å². The molecule has 0 amide bonds. The van der Waals surface area contributed by atoms with Gasteiger partial charge in [0.1, 0.15) is 5.65 Å². The highest BCUT2D eigenvalue weighted by Crippen LogP contribution is 2.08. The number of aryl methyl sites for hydroxylation is 2. The molecule has 0 saturated heterocycles. The van der Waals surface area contributed by atoms with Crippen molar-refractivity contribution >= 4 is 11.0 Å². The topological polar surface area (TPSA) is 56.9 Å². The standard InChI is InChI=1S/C10H11N3O2/c1-6-4-5-11-8-7(6)9(14)13(3)10(15)12(8)2/h4-5H,1-3H3. The molecule has 2 rings (SSSR count). The Labute approximate surface area is 85.6 Å². The average molecular weight is 205 g/mol. The lowest BCUT2D eigenvalue weighted by Gasteiger charge is -2.07. The molecule has 2 aromatic heterocycles. The summed E-state index contributed by atoms with van der Waals surface area (Å²) in [4.78, 5) is 27.5. The van der Waals surface area contributed by atoms with Crippen molar-refractivity contribution in [2.75, 3.05) is 0 Å². The Morgan fingerprint density at radius 3 is 2.53 bits per heavy atom. The third-order valence-electron chi connectivity index (χ3n) is 2.55. The quantitative estimate of drug-likeness (QED) is 0.605. The van der Waals surface area contributed by atoms with E-state index in [0.29, 0.717) is 11.0 Å². The molecule has 0 atom stereocenters. The minimum atomic E-state index is -0.356. The van der Waals surface area contributed by atoms with Crippen LogP contribution in [0.25, 0.3) is 11.0 Å². The fourth-order valence-electron chi connectivity index (χ4n) is 1.63. The summed E-state index contributed by atoms with van der Waals surface area (Å²) in [5.41, 5.74) is 0.614. The van der Waals surface area contributed by atoms with Gasteiger partial charge in [0.25, 0.3) is 5.56 Å². The SMILES string of the molecule is Cc1ccnc2c1c(=O)n(C)c(=O)n2C. The predicted molar refractivity (Wildman–Crippen MR) is 57.0 cm³/mol. The van der Waals surface area contributed by atoms with Crippen molar-refractivity contribution in [1.82, 2.24) is 14.1 Å². The molecule has 0 fully saturated rings. The Kier molecular flexibility index (Phi) is 1.96. The maximum Gasteiger partial charge on any atom is 0.332 e. The summed E-state index contributed by atoms with van der Waals surface area (Å²) < 4.78 is 2.47. The minimum absolute atomic E-state index is 0.293. The number of aromatic nitrogens is 3. The Balaban J connectivity index is 3.23. The Hall–Kier alpha value is -1.91. The van der Waals surface area contributed by atoms with Crippen LogP contribution in [-0.4, -0.2) is 14.1 Å². The molecule has 0 bridgehead atoms. The van der Waals surface area contributed by atoms with Gasteiger partial charge in [0.15, 0.2) is 0 Å². The second-order valence-electron chi connectivity index (χ2n) is 3.53. The number of hydrogen-bond acceptors (Lipinski definition) is 3. The smallest absolute Gasteiger partial charge is 0.280 e. The zero-order valence-electron chi connectivity index (χ0n) is 8.81. The molecule has 2 heterocycles. The van der Waals surface area contributed by atoms with E-state index in [9.17, 15) is 9.59 Å². The lowest BCUT2D eigenvalue weighted by Crippen LogP contribution is -2.37. The molecule has 0 aliphatic rings. The van der Waals surface area contributed by atoms with Crippen molar-refractivity contribution in [3.63, 3.8) is 0 Å². The molecule has 0 saturated carbocycles. The van der Waals surface area contributed by atoms with Crippen LogP contribution >= 0.6 is 0 Å². The van der Waals surface area contributed by atoms with Crippen LogP contribution in [0.4, 0.5) is 0 Å².